The van der Waals surface area contributed by atoms with Crippen molar-refractivity contribution >= 4 is 23.4 Å². The van der Waals surface area contributed by atoms with Crippen molar-refractivity contribution in [2.75, 3.05) is 13.1 Å². The molecule has 1 aromatic heterocycles. The molecule has 2 heterocycles. The van der Waals surface area contributed by atoms with Crippen molar-refractivity contribution in [3.8, 4) is 0 Å². The number of nitrogens with zero attached hydrogens (tertiary/aromatic N) is 2. The molecule has 1 N–H and O–H groups in total. The highest BCUT2D eigenvalue weighted by Crippen LogP contribution is 2.31. The molecule has 6 heteroatoms. The highest BCUT2D eigenvalue weighted by molar-refractivity contribution is 6.30. The van der Waals surface area contributed by atoms with E-state index >= 15 is 0 Å². The molecule has 2 aromatic rings. The molecule has 0 bridgehead atoms. The molecule has 2 amide bonds. The first-order chi connectivity index (χ1) is 13.5. The molecule has 0 atom stereocenters. The number of hydrogen-bond acceptors (Lipinski definition) is 3. The van der Waals surface area contributed by atoms with Crippen molar-refractivity contribution in [1.82, 2.24) is 15.2 Å². The molecule has 0 radical (unpaired) electrons. The number of halogens is 1. The maximum atomic E-state index is 12.7. The second-order valence-corrected chi connectivity index (χ2v) is 8.15. The highest BCUT2D eigenvalue weighted by atomic mass is 35.5. The Kier molecular flexibility index (Phi) is 5.36. The number of hydrogen-bond donors (Lipinski definition) is 1. The van der Waals surface area contributed by atoms with E-state index in [9.17, 15) is 9.59 Å². The molecule has 1 aliphatic heterocycles. The van der Waals surface area contributed by atoms with E-state index in [-0.39, 0.29) is 17.7 Å². The smallest absolute Gasteiger partial charge is 0.253 e. The summed E-state index contributed by atoms with van der Waals surface area (Å²) in [6.45, 7) is 3.24. The first-order valence-electron chi connectivity index (χ1n) is 9.84. The summed E-state index contributed by atoms with van der Waals surface area (Å²) >= 11 is 6.02. The van der Waals surface area contributed by atoms with Crippen LogP contribution in [0.4, 0.5) is 0 Å². The SMILES string of the molecule is Cc1ccc(C(=O)NC2CC2)c(C2CCN(C(=O)c3cccc(Cl)c3)CC2)n1. The van der Waals surface area contributed by atoms with Gasteiger partial charge in [0.25, 0.3) is 11.8 Å². The molecule has 1 saturated heterocycles. The third kappa shape index (κ3) is 4.20. The molecule has 4 rings (SSSR count). The largest absolute Gasteiger partial charge is 0.349 e. The Morgan fingerprint density at radius 3 is 2.54 bits per heavy atom. The second-order valence-electron chi connectivity index (χ2n) is 7.71. The molecule has 28 heavy (non-hydrogen) atoms. The summed E-state index contributed by atoms with van der Waals surface area (Å²) in [4.78, 5) is 31.9. The number of benzene rings is 1. The van der Waals surface area contributed by atoms with E-state index in [0.717, 1.165) is 37.1 Å². The van der Waals surface area contributed by atoms with Gasteiger partial charge in [0, 0.05) is 41.3 Å². The summed E-state index contributed by atoms with van der Waals surface area (Å²) in [7, 11) is 0. The lowest BCUT2D eigenvalue weighted by Crippen LogP contribution is -2.38. The van der Waals surface area contributed by atoms with Crippen LogP contribution < -0.4 is 5.32 Å². The predicted molar refractivity (Wildman–Crippen MR) is 109 cm³/mol. The van der Waals surface area contributed by atoms with Crippen molar-refractivity contribution in [1.29, 1.82) is 0 Å². The molecule has 2 aliphatic rings. The Bertz CT molecular complexity index is 902. The topological polar surface area (TPSA) is 62.3 Å². The van der Waals surface area contributed by atoms with E-state index in [1.165, 1.54) is 0 Å². The van der Waals surface area contributed by atoms with Crippen molar-refractivity contribution in [3.63, 3.8) is 0 Å². The van der Waals surface area contributed by atoms with Gasteiger partial charge in [0.15, 0.2) is 0 Å². The Hall–Kier alpha value is -2.40. The first-order valence-corrected chi connectivity index (χ1v) is 10.2. The number of aromatic nitrogens is 1. The molecule has 146 valence electrons. The minimum atomic E-state index is -0.0255. The van der Waals surface area contributed by atoms with E-state index < -0.39 is 0 Å². The average Bonchev–Trinajstić information content (AvgIpc) is 3.51. The third-order valence-electron chi connectivity index (χ3n) is 5.46. The molecule has 2 fully saturated rings. The van der Waals surface area contributed by atoms with Crippen molar-refractivity contribution < 1.29 is 9.59 Å². The Labute approximate surface area is 170 Å². The maximum Gasteiger partial charge on any atom is 0.253 e. The molecule has 1 aromatic carbocycles. The van der Waals surface area contributed by atoms with E-state index in [1.54, 1.807) is 24.3 Å². The number of rotatable bonds is 4. The number of likely N-dealkylation sites (tertiary alicyclic amines) is 1. The van der Waals surface area contributed by atoms with E-state index in [1.807, 2.05) is 24.0 Å². The van der Waals surface area contributed by atoms with Gasteiger partial charge in [-0.1, -0.05) is 17.7 Å². The van der Waals surface area contributed by atoms with Crippen LogP contribution in [0.5, 0.6) is 0 Å². The number of nitrogens with one attached hydrogen (secondary N) is 1. The number of piperidine rings is 1. The lowest BCUT2D eigenvalue weighted by atomic mass is 9.89. The van der Waals surface area contributed by atoms with Crippen molar-refractivity contribution in [3.05, 3.63) is 63.9 Å². The molecular weight excluding hydrogens is 374 g/mol. The van der Waals surface area contributed by atoms with Gasteiger partial charge in [-0.2, -0.15) is 0 Å². The van der Waals surface area contributed by atoms with Gasteiger partial charge in [-0.25, -0.2) is 0 Å². The maximum absolute atomic E-state index is 12.7. The van der Waals surface area contributed by atoms with Gasteiger partial charge in [-0.15, -0.1) is 0 Å². The summed E-state index contributed by atoms with van der Waals surface area (Å²) < 4.78 is 0. The molecular formula is C22H24ClN3O2. The fraction of sp³-hybridized carbons (Fsp3) is 0.409. The van der Waals surface area contributed by atoms with Crippen molar-refractivity contribution in [2.24, 2.45) is 0 Å². The standard InChI is InChI=1S/C22H24ClN3O2/c1-14-5-8-19(21(27)25-18-6-7-18)20(24-14)15-9-11-26(12-10-15)22(28)16-3-2-4-17(23)13-16/h2-5,8,13,15,18H,6-7,9-12H2,1H3,(H,25,27). The van der Waals surface area contributed by atoms with Crippen LogP contribution in [0.1, 0.15) is 63.7 Å². The van der Waals surface area contributed by atoms with Gasteiger partial charge >= 0.3 is 0 Å². The number of carbonyl (C=O) groups excluding carboxylic acids is 2. The lowest BCUT2D eigenvalue weighted by Gasteiger charge is -2.32. The van der Waals surface area contributed by atoms with Gasteiger partial charge in [-0.3, -0.25) is 14.6 Å². The zero-order valence-corrected chi connectivity index (χ0v) is 16.7. The van der Waals surface area contributed by atoms with Gasteiger partial charge in [0.1, 0.15) is 0 Å². The third-order valence-corrected chi connectivity index (χ3v) is 5.70. The zero-order valence-electron chi connectivity index (χ0n) is 16.0. The fourth-order valence-electron chi connectivity index (χ4n) is 3.73. The van der Waals surface area contributed by atoms with Crippen LogP contribution in [0.15, 0.2) is 36.4 Å². The molecule has 5 nitrogen and oxygen atoms in total. The van der Waals surface area contributed by atoms with E-state index in [0.29, 0.717) is 35.3 Å². The van der Waals surface area contributed by atoms with Crippen LogP contribution >= 0.6 is 11.6 Å². The van der Waals surface area contributed by atoms with E-state index in [4.69, 9.17) is 16.6 Å². The molecule has 1 saturated carbocycles. The Morgan fingerprint density at radius 1 is 1.11 bits per heavy atom. The van der Waals surface area contributed by atoms with Crippen LogP contribution in [-0.2, 0) is 0 Å². The molecule has 0 unspecified atom stereocenters. The number of carbonyl (C=O) groups is 2. The summed E-state index contributed by atoms with van der Waals surface area (Å²) in [6.07, 6.45) is 3.72. The summed E-state index contributed by atoms with van der Waals surface area (Å²) in [6, 6.07) is 11.2. The number of pyridine rings is 1. The monoisotopic (exact) mass is 397 g/mol. The second kappa shape index (κ2) is 7.92. The molecule has 0 spiro atoms. The quantitative estimate of drug-likeness (QED) is 0.849. The lowest BCUT2D eigenvalue weighted by molar-refractivity contribution is 0.0710. The van der Waals surface area contributed by atoms with Gasteiger partial charge in [0.2, 0.25) is 0 Å². The van der Waals surface area contributed by atoms with Gasteiger partial charge < -0.3 is 10.2 Å². The van der Waals surface area contributed by atoms with Crippen LogP contribution in [-0.4, -0.2) is 40.8 Å². The number of aryl methyl sites for hydroxylation is 1. The summed E-state index contributed by atoms with van der Waals surface area (Å²) in [5.74, 6) is 0.163. The summed E-state index contributed by atoms with van der Waals surface area (Å²) in [5, 5.41) is 3.63. The van der Waals surface area contributed by atoms with Crippen molar-refractivity contribution in [2.45, 2.75) is 44.6 Å². The zero-order chi connectivity index (χ0) is 19.7. The van der Waals surface area contributed by atoms with Crippen LogP contribution in [0, 0.1) is 6.92 Å². The average molecular weight is 398 g/mol. The van der Waals surface area contributed by atoms with Gasteiger partial charge in [-0.05, 0) is 62.9 Å². The normalized spacial score (nSPS) is 17.4. The fourth-order valence-corrected chi connectivity index (χ4v) is 3.92. The minimum Gasteiger partial charge on any atom is -0.349 e. The Morgan fingerprint density at radius 2 is 1.86 bits per heavy atom. The summed E-state index contributed by atoms with van der Waals surface area (Å²) in [5.41, 5.74) is 3.07. The Balaban J connectivity index is 1.47. The predicted octanol–water partition coefficient (Wildman–Crippen LogP) is 3.96. The van der Waals surface area contributed by atoms with Crippen LogP contribution in [0.3, 0.4) is 0 Å². The number of amides is 2. The van der Waals surface area contributed by atoms with E-state index in [2.05, 4.69) is 5.32 Å². The van der Waals surface area contributed by atoms with Gasteiger partial charge in [0.05, 0.1) is 11.3 Å². The van der Waals surface area contributed by atoms with Crippen LogP contribution in [0.25, 0.3) is 0 Å². The molecule has 1 aliphatic carbocycles. The first kappa shape index (κ1) is 18.9. The minimum absolute atomic E-state index is 0.00449. The highest BCUT2D eigenvalue weighted by Gasteiger charge is 2.30. The van der Waals surface area contributed by atoms with Crippen LogP contribution in [0.2, 0.25) is 5.02 Å².